The first-order valence-electron chi connectivity index (χ1n) is 9.56. The number of nitrogens with zero attached hydrogens (tertiary/aromatic N) is 3. The molecule has 0 bridgehead atoms. The van der Waals surface area contributed by atoms with Gasteiger partial charge in [0.25, 0.3) is 0 Å². The zero-order valence-electron chi connectivity index (χ0n) is 16.4. The highest BCUT2D eigenvalue weighted by Crippen LogP contribution is 2.28. The molecule has 0 aliphatic carbocycles. The second-order valence-corrected chi connectivity index (χ2v) is 6.78. The van der Waals surface area contributed by atoms with Crippen LogP contribution >= 0.6 is 0 Å². The van der Waals surface area contributed by atoms with Gasteiger partial charge in [0.05, 0.1) is 24.4 Å². The Morgan fingerprint density at radius 3 is 2.38 bits per heavy atom. The molecule has 150 valence electrons. The maximum absolute atomic E-state index is 12.5. The van der Waals surface area contributed by atoms with Crippen molar-refractivity contribution in [2.24, 2.45) is 0 Å². The van der Waals surface area contributed by atoms with Gasteiger partial charge in [0.15, 0.2) is 0 Å². The fourth-order valence-electron chi connectivity index (χ4n) is 3.32. The molecule has 29 heavy (non-hydrogen) atoms. The maximum atomic E-state index is 12.5. The van der Waals surface area contributed by atoms with Gasteiger partial charge in [0.2, 0.25) is 11.8 Å². The average molecular weight is 392 g/mol. The van der Waals surface area contributed by atoms with Crippen molar-refractivity contribution < 1.29 is 14.3 Å². The van der Waals surface area contributed by atoms with Crippen LogP contribution in [0.2, 0.25) is 0 Å². The number of ether oxygens (including phenoxy) is 1. The van der Waals surface area contributed by atoms with E-state index in [2.05, 4.69) is 10.2 Å². The van der Waals surface area contributed by atoms with Crippen LogP contribution in [-0.2, 0) is 9.59 Å². The van der Waals surface area contributed by atoms with Crippen LogP contribution in [0.1, 0.15) is 18.4 Å². The maximum Gasteiger partial charge on any atom is 0.224 e. The van der Waals surface area contributed by atoms with Gasteiger partial charge in [-0.1, -0.05) is 12.1 Å². The van der Waals surface area contributed by atoms with Crippen LogP contribution in [-0.4, -0.2) is 50.0 Å². The normalized spacial score (nSPS) is 13.5. The van der Waals surface area contributed by atoms with E-state index in [4.69, 9.17) is 10.00 Å². The lowest BCUT2D eigenvalue weighted by Gasteiger charge is -2.36. The lowest BCUT2D eigenvalue weighted by atomic mass is 10.2. The van der Waals surface area contributed by atoms with Crippen LogP contribution in [0.5, 0.6) is 5.75 Å². The monoisotopic (exact) mass is 392 g/mol. The molecule has 0 unspecified atom stereocenters. The number of amides is 2. The molecule has 0 radical (unpaired) electrons. The van der Waals surface area contributed by atoms with Crippen LogP contribution in [0.15, 0.2) is 48.5 Å². The van der Waals surface area contributed by atoms with Gasteiger partial charge in [-0.05, 0) is 36.4 Å². The molecule has 1 aliphatic rings. The highest BCUT2D eigenvalue weighted by molar-refractivity contribution is 5.93. The summed E-state index contributed by atoms with van der Waals surface area (Å²) in [6, 6.07) is 16.5. The van der Waals surface area contributed by atoms with E-state index < -0.39 is 0 Å². The van der Waals surface area contributed by atoms with Gasteiger partial charge in [-0.25, -0.2) is 0 Å². The Bertz CT molecular complexity index is 897. The van der Waals surface area contributed by atoms with E-state index in [1.165, 1.54) is 0 Å². The second kappa shape index (κ2) is 9.60. The summed E-state index contributed by atoms with van der Waals surface area (Å²) in [7, 11) is 1.65. The van der Waals surface area contributed by atoms with E-state index in [-0.39, 0.29) is 24.7 Å². The predicted octanol–water partition coefficient (Wildman–Crippen LogP) is 2.63. The van der Waals surface area contributed by atoms with Crippen molar-refractivity contribution in [1.29, 1.82) is 5.26 Å². The van der Waals surface area contributed by atoms with Crippen LogP contribution in [0.3, 0.4) is 0 Å². The molecule has 2 amide bonds. The van der Waals surface area contributed by atoms with Crippen LogP contribution in [0.25, 0.3) is 0 Å². The lowest BCUT2D eigenvalue weighted by Crippen LogP contribution is -2.49. The quantitative estimate of drug-likeness (QED) is 0.817. The van der Waals surface area contributed by atoms with E-state index in [1.54, 1.807) is 36.3 Å². The largest absolute Gasteiger partial charge is 0.495 e. The molecule has 0 spiro atoms. The number of nitrogens with one attached hydrogen (secondary N) is 1. The Morgan fingerprint density at radius 2 is 1.72 bits per heavy atom. The topological polar surface area (TPSA) is 85.7 Å². The minimum absolute atomic E-state index is 0.0142. The van der Waals surface area contributed by atoms with E-state index >= 15 is 0 Å². The Morgan fingerprint density at radius 1 is 1.03 bits per heavy atom. The molecule has 3 rings (SSSR count). The highest BCUT2D eigenvalue weighted by Gasteiger charge is 2.23. The van der Waals surface area contributed by atoms with Crippen molar-refractivity contribution >= 4 is 23.2 Å². The molecule has 0 aromatic heterocycles. The molecule has 1 aliphatic heterocycles. The first-order valence-corrected chi connectivity index (χ1v) is 9.56. The standard InChI is InChI=1S/C22H24N4O3/c1-29-20-5-3-2-4-19(20)25-12-14-26(15-13-25)22(28)11-10-21(27)24-18-8-6-17(16-23)7-9-18/h2-9H,10-15H2,1H3,(H,24,27). The highest BCUT2D eigenvalue weighted by atomic mass is 16.5. The van der Waals surface area contributed by atoms with Crippen molar-refractivity contribution in [2.45, 2.75) is 12.8 Å². The SMILES string of the molecule is COc1ccccc1N1CCN(C(=O)CCC(=O)Nc2ccc(C#N)cc2)CC1. The second-order valence-electron chi connectivity index (χ2n) is 6.78. The van der Waals surface area contributed by atoms with Gasteiger partial charge in [0.1, 0.15) is 5.75 Å². The fourth-order valence-corrected chi connectivity index (χ4v) is 3.32. The van der Waals surface area contributed by atoms with E-state index in [9.17, 15) is 9.59 Å². The lowest BCUT2D eigenvalue weighted by molar-refractivity contribution is -0.133. The number of hydrogen-bond acceptors (Lipinski definition) is 5. The Balaban J connectivity index is 1.44. The van der Waals surface area contributed by atoms with Gasteiger partial charge in [-0.2, -0.15) is 5.26 Å². The first kappa shape index (κ1) is 20.2. The summed E-state index contributed by atoms with van der Waals surface area (Å²) in [5.74, 6) is 0.599. The van der Waals surface area contributed by atoms with Gasteiger partial charge >= 0.3 is 0 Å². The number of hydrogen-bond donors (Lipinski definition) is 1. The van der Waals surface area contributed by atoms with Gasteiger partial charge in [-0.3, -0.25) is 9.59 Å². The number of carbonyl (C=O) groups excluding carboxylic acids is 2. The number of rotatable bonds is 6. The van der Waals surface area contributed by atoms with Crippen LogP contribution in [0.4, 0.5) is 11.4 Å². The van der Waals surface area contributed by atoms with E-state index in [1.807, 2.05) is 30.3 Å². The van der Waals surface area contributed by atoms with E-state index in [0.717, 1.165) is 24.5 Å². The zero-order valence-corrected chi connectivity index (χ0v) is 16.4. The summed E-state index contributed by atoms with van der Waals surface area (Å²) in [4.78, 5) is 28.6. The van der Waals surface area contributed by atoms with E-state index in [0.29, 0.717) is 24.3 Å². The number of nitriles is 1. The molecule has 1 N–H and O–H groups in total. The molecule has 0 atom stereocenters. The number of methoxy groups -OCH3 is 1. The number of benzene rings is 2. The Labute approximate surface area is 170 Å². The summed E-state index contributed by atoms with van der Waals surface area (Å²) in [5, 5.41) is 11.5. The fraction of sp³-hybridized carbons (Fsp3) is 0.318. The molecular weight excluding hydrogens is 368 g/mol. The summed E-state index contributed by atoms with van der Waals surface area (Å²) in [5.41, 5.74) is 2.18. The molecule has 1 saturated heterocycles. The third kappa shape index (κ3) is 5.26. The molecule has 0 saturated carbocycles. The number of anilines is 2. The summed E-state index contributed by atoms with van der Waals surface area (Å²) >= 11 is 0. The van der Waals surface area contributed by atoms with Crippen molar-refractivity contribution in [3.8, 4) is 11.8 Å². The molecule has 2 aromatic carbocycles. The summed E-state index contributed by atoms with van der Waals surface area (Å²) in [6.45, 7) is 2.69. The molecule has 1 heterocycles. The minimum atomic E-state index is -0.212. The minimum Gasteiger partial charge on any atom is -0.495 e. The molecule has 7 nitrogen and oxygen atoms in total. The summed E-state index contributed by atoms with van der Waals surface area (Å²) < 4.78 is 5.42. The predicted molar refractivity (Wildman–Crippen MR) is 111 cm³/mol. The zero-order chi connectivity index (χ0) is 20.6. The third-order valence-electron chi connectivity index (χ3n) is 4.92. The molecule has 2 aromatic rings. The molecule has 1 fully saturated rings. The first-order chi connectivity index (χ1) is 14.1. The van der Waals surface area contributed by atoms with Gasteiger partial charge in [-0.15, -0.1) is 0 Å². The average Bonchev–Trinajstić information content (AvgIpc) is 2.78. The number of para-hydroxylation sites is 2. The third-order valence-corrected chi connectivity index (χ3v) is 4.92. The molecular formula is C22H24N4O3. The van der Waals surface area contributed by atoms with Crippen LogP contribution in [0, 0.1) is 11.3 Å². The number of carbonyl (C=O) groups is 2. The molecule has 7 heteroatoms. The van der Waals surface area contributed by atoms with Crippen molar-refractivity contribution in [2.75, 3.05) is 43.5 Å². The van der Waals surface area contributed by atoms with Gasteiger partial charge < -0.3 is 19.9 Å². The van der Waals surface area contributed by atoms with Crippen molar-refractivity contribution in [3.05, 3.63) is 54.1 Å². The van der Waals surface area contributed by atoms with Crippen molar-refractivity contribution in [1.82, 2.24) is 4.90 Å². The Hall–Kier alpha value is -3.53. The van der Waals surface area contributed by atoms with Gasteiger partial charge in [0, 0.05) is 44.7 Å². The smallest absolute Gasteiger partial charge is 0.224 e. The summed E-state index contributed by atoms with van der Waals surface area (Å²) in [6.07, 6.45) is 0.308. The van der Waals surface area contributed by atoms with Crippen LogP contribution < -0.4 is 15.0 Å². The number of piperazine rings is 1. The van der Waals surface area contributed by atoms with Crippen molar-refractivity contribution in [3.63, 3.8) is 0 Å². The Kier molecular flexibility index (Phi) is 6.69.